The van der Waals surface area contributed by atoms with Crippen molar-refractivity contribution in [2.24, 2.45) is 23.7 Å². The van der Waals surface area contributed by atoms with Gasteiger partial charge in [-0.25, -0.2) is 0 Å². The van der Waals surface area contributed by atoms with Crippen LogP contribution in [-0.2, 0) is 0 Å². The molecule has 50 valence electrons. The van der Waals surface area contributed by atoms with Gasteiger partial charge in [-0.15, -0.1) is 0 Å². The summed E-state index contributed by atoms with van der Waals surface area (Å²) in [7, 11) is 0. The van der Waals surface area contributed by atoms with Gasteiger partial charge in [-0.2, -0.15) is 0 Å². The van der Waals surface area contributed by atoms with E-state index in [0.717, 1.165) is 0 Å². The Kier molecular flexibility index (Phi) is 0.717. The molecule has 0 amide bonds. The maximum absolute atomic E-state index is 1.61. The summed E-state index contributed by atoms with van der Waals surface area (Å²) in [5.74, 6) is 4.83. The molecule has 3 rings (SSSR count). The molecule has 3 fully saturated rings. The maximum atomic E-state index is 1.61. The maximum Gasteiger partial charge on any atom is -0.0354 e. The van der Waals surface area contributed by atoms with Gasteiger partial charge in [-0.3, -0.25) is 0 Å². The monoisotopic (exact) mass is 122 g/mol. The van der Waals surface area contributed by atoms with Crippen LogP contribution >= 0.6 is 0 Å². The summed E-state index contributed by atoms with van der Waals surface area (Å²) >= 11 is 0. The third kappa shape index (κ3) is 0.544. The molecule has 0 unspecified atom stereocenters. The lowest BCUT2D eigenvalue weighted by Gasteiger charge is -2.16. The van der Waals surface area contributed by atoms with E-state index in [-0.39, 0.29) is 0 Å². The first kappa shape index (κ1) is 4.76. The van der Waals surface area contributed by atoms with Gasteiger partial charge in [0.15, 0.2) is 0 Å². The van der Waals surface area contributed by atoms with E-state index < -0.39 is 0 Å². The van der Waals surface area contributed by atoms with Crippen molar-refractivity contribution in [2.75, 3.05) is 0 Å². The normalized spacial score (nSPS) is 61.3. The van der Waals surface area contributed by atoms with E-state index in [0.29, 0.717) is 0 Å². The van der Waals surface area contributed by atoms with E-state index in [1.807, 2.05) is 0 Å². The lowest BCUT2D eigenvalue weighted by atomic mass is 9.89. The number of hydrogen-bond acceptors (Lipinski definition) is 0. The van der Waals surface area contributed by atoms with Gasteiger partial charge in [0, 0.05) is 0 Å². The second-order valence-electron chi connectivity index (χ2n) is 4.33. The highest BCUT2D eigenvalue weighted by molar-refractivity contribution is 5.00. The molecule has 4 atom stereocenters. The minimum Gasteiger partial charge on any atom is -0.0502 e. The third-order valence-electron chi connectivity index (χ3n) is 3.80. The van der Waals surface area contributed by atoms with Crippen molar-refractivity contribution in [1.82, 2.24) is 0 Å². The molecule has 0 saturated heterocycles. The van der Waals surface area contributed by atoms with Crippen molar-refractivity contribution in [3.63, 3.8) is 0 Å². The molecule has 0 aromatic heterocycles. The van der Waals surface area contributed by atoms with E-state index in [9.17, 15) is 0 Å². The number of hydrogen-bond donors (Lipinski definition) is 0. The Balaban J connectivity index is 1.90. The van der Waals surface area contributed by atoms with Gasteiger partial charge in [-0.1, -0.05) is 6.42 Å². The van der Waals surface area contributed by atoms with Crippen LogP contribution in [-0.4, -0.2) is 0 Å². The fourth-order valence-corrected chi connectivity index (χ4v) is 3.26. The van der Waals surface area contributed by atoms with Crippen molar-refractivity contribution >= 4 is 0 Å². The minimum absolute atomic E-state index is 1.18. The third-order valence-corrected chi connectivity index (χ3v) is 3.80. The molecule has 9 heavy (non-hydrogen) atoms. The molecule has 0 aromatic carbocycles. The van der Waals surface area contributed by atoms with E-state index >= 15 is 0 Å². The van der Waals surface area contributed by atoms with Gasteiger partial charge < -0.3 is 0 Å². The summed E-state index contributed by atoms with van der Waals surface area (Å²) in [5, 5.41) is 0. The summed E-state index contributed by atoms with van der Waals surface area (Å²) in [6.07, 6.45) is 8.01. The highest BCUT2D eigenvalue weighted by atomic mass is 14.6. The molecule has 3 aliphatic carbocycles. The van der Waals surface area contributed by atoms with Crippen LogP contribution in [0.3, 0.4) is 0 Å². The van der Waals surface area contributed by atoms with Crippen LogP contribution in [0.15, 0.2) is 0 Å². The van der Waals surface area contributed by atoms with Crippen molar-refractivity contribution in [3.05, 3.63) is 0 Å². The Bertz CT molecular complexity index is 137. The first-order chi connectivity index (χ1) is 4.43. The van der Waals surface area contributed by atoms with Crippen LogP contribution in [0.4, 0.5) is 0 Å². The molecule has 3 saturated carbocycles. The fraction of sp³-hybridized carbons (Fsp3) is 1.00. The SMILES string of the molecule is C1C[C@@H]2C[C@H]1C[C@H]1C[C@@H]21. The molecule has 0 aliphatic heterocycles. The van der Waals surface area contributed by atoms with E-state index in [4.69, 9.17) is 0 Å². The Morgan fingerprint density at radius 3 is 2.67 bits per heavy atom. The van der Waals surface area contributed by atoms with Crippen molar-refractivity contribution < 1.29 is 0 Å². The van der Waals surface area contributed by atoms with Gasteiger partial charge in [0.2, 0.25) is 0 Å². The highest BCUT2D eigenvalue weighted by Crippen LogP contribution is 2.60. The van der Waals surface area contributed by atoms with Gasteiger partial charge in [0.05, 0.1) is 0 Å². The molecular weight excluding hydrogens is 108 g/mol. The van der Waals surface area contributed by atoms with Crippen molar-refractivity contribution in [3.8, 4) is 0 Å². The average Bonchev–Trinajstić information content (AvgIpc) is 2.50. The highest BCUT2D eigenvalue weighted by Gasteiger charge is 2.50. The van der Waals surface area contributed by atoms with Crippen LogP contribution in [0.1, 0.15) is 32.1 Å². The van der Waals surface area contributed by atoms with Gasteiger partial charge in [0.1, 0.15) is 0 Å². The molecule has 0 radical (unpaired) electrons. The first-order valence-electron chi connectivity index (χ1n) is 4.43. The topological polar surface area (TPSA) is 0 Å². The zero-order valence-electron chi connectivity index (χ0n) is 5.84. The van der Waals surface area contributed by atoms with Crippen LogP contribution < -0.4 is 0 Å². The lowest BCUT2D eigenvalue weighted by molar-refractivity contribution is 0.340. The molecule has 2 bridgehead atoms. The smallest absolute Gasteiger partial charge is 0.0354 e. The number of rotatable bonds is 0. The zero-order valence-corrected chi connectivity index (χ0v) is 5.84. The standard InChI is InChI=1S/C9H14/c1-2-7-3-6(1)4-8-5-9(7)8/h6-9H,1-5H2/t6-,7+,8-,9-/m0/s1. The van der Waals surface area contributed by atoms with Crippen molar-refractivity contribution in [1.29, 1.82) is 0 Å². The van der Waals surface area contributed by atoms with Gasteiger partial charge >= 0.3 is 0 Å². The molecule has 3 aliphatic rings. The summed E-state index contributed by atoms with van der Waals surface area (Å²) in [4.78, 5) is 0. The summed E-state index contributed by atoms with van der Waals surface area (Å²) in [6, 6.07) is 0. The van der Waals surface area contributed by atoms with E-state index in [2.05, 4.69) is 0 Å². The second-order valence-corrected chi connectivity index (χ2v) is 4.33. The Morgan fingerprint density at radius 2 is 1.67 bits per heavy atom. The van der Waals surface area contributed by atoms with E-state index in [1.54, 1.807) is 32.1 Å². The average molecular weight is 122 g/mol. The largest absolute Gasteiger partial charge is 0.0502 e. The predicted molar refractivity (Wildman–Crippen MR) is 37.0 cm³/mol. The first-order valence-corrected chi connectivity index (χ1v) is 4.43. The van der Waals surface area contributed by atoms with Crippen molar-refractivity contribution in [2.45, 2.75) is 32.1 Å². The van der Waals surface area contributed by atoms with Crippen LogP contribution in [0.2, 0.25) is 0 Å². The summed E-state index contributed by atoms with van der Waals surface area (Å²) in [6.45, 7) is 0. The zero-order chi connectivity index (χ0) is 5.84. The molecule has 0 N–H and O–H groups in total. The van der Waals surface area contributed by atoms with Crippen LogP contribution in [0, 0.1) is 23.7 Å². The van der Waals surface area contributed by atoms with Crippen LogP contribution in [0.25, 0.3) is 0 Å². The number of fused-ring (bicyclic) bond motifs is 4. The van der Waals surface area contributed by atoms with Gasteiger partial charge in [0.25, 0.3) is 0 Å². The molecular formula is C9H14. The summed E-state index contributed by atoms with van der Waals surface area (Å²) < 4.78 is 0. The fourth-order valence-electron chi connectivity index (χ4n) is 3.26. The Hall–Kier alpha value is 0. The Morgan fingerprint density at radius 1 is 0.778 bits per heavy atom. The summed E-state index contributed by atoms with van der Waals surface area (Å²) in [5.41, 5.74) is 0. The van der Waals surface area contributed by atoms with E-state index in [1.165, 1.54) is 23.7 Å². The minimum atomic E-state index is 1.18. The van der Waals surface area contributed by atoms with Crippen LogP contribution in [0.5, 0.6) is 0 Å². The van der Waals surface area contributed by atoms with Gasteiger partial charge in [-0.05, 0) is 49.4 Å². The lowest BCUT2D eigenvalue weighted by Crippen LogP contribution is -2.07. The molecule has 0 heteroatoms. The predicted octanol–water partition coefficient (Wildman–Crippen LogP) is 2.44. The molecule has 0 aromatic rings. The Labute approximate surface area is 56.6 Å². The molecule has 0 spiro atoms. The molecule has 0 nitrogen and oxygen atoms in total. The second kappa shape index (κ2) is 1.36. The molecule has 0 heterocycles. The quantitative estimate of drug-likeness (QED) is 0.463.